The number of hydrogen-bond acceptors (Lipinski definition) is 4. The first-order chi connectivity index (χ1) is 13.1. The molecule has 0 fully saturated rings. The minimum atomic E-state index is -0.320. The smallest absolute Gasteiger partial charge is 0.272 e. The third-order valence-corrected chi connectivity index (χ3v) is 4.18. The van der Waals surface area contributed by atoms with Gasteiger partial charge in [0.2, 0.25) is 0 Å². The van der Waals surface area contributed by atoms with Crippen LogP contribution in [0.25, 0.3) is 0 Å². The number of hydrogen-bond donors (Lipinski definition) is 1. The summed E-state index contributed by atoms with van der Waals surface area (Å²) >= 11 is 12.0. The summed E-state index contributed by atoms with van der Waals surface area (Å²) in [5.74, 6) is 0.372. The van der Waals surface area contributed by atoms with Crippen molar-refractivity contribution in [3.05, 3.63) is 93.7 Å². The summed E-state index contributed by atoms with van der Waals surface area (Å²) in [7, 11) is 0. The van der Waals surface area contributed by atoms with Gasteiger partial charge in [0.1, 0.15) is 12.4 Å². The highest BCUT2D eigenvalue weighted by Crippen LogP contribution is 2.22. The number of halogens is 2. The van der Waals surface area contributed by atoms with Gasteiger partial charge in [-0.25, -0.2) is 5.43 Å². The van der Waals surface area contributed by atoms with Gasteiger partial charge in [-0.1, -0.05) is 29.3 Å². The van der Waals surface area contributed by atoms with Crippen LogP contribution in [0.5, 0.6) is 5.75 Å². The lowest BCUT2D eigenvalue weighted by molar-refractivity contribution is 0.0955. The molecule has 0 radical (unpaired) electrons. The van der Waals surface area contributed by atoms with Crippen molar-refractivity contribution in [2.45, 2.75) is 6.61 Å². The fourth-order valence-electron chi connectivity index (χ4n) is 2.18. The van der Waals surface area contributed by atoms with E-state index < -0.39 is 0 Å². The molecule has 1 heterocycles. The SMILES string of the molecule is O=C(N/N=C/c1ccc(OCc2ccc(Cl)cc2Cl)cc1)c1cccnc1. The summed E-state index contributed by atoms with van der Waals surface area (Å²) in [4.78, 5) is 15.7. The molecule has 0 bridgehead atoms. The predicted molar refractivity (Wildman–Crippen MR) is 107 cm³/mol. The Hall–Kier alpha value is -2.89. The number of nitrogens with one attached hydrogen (secondary N) is 1. The van der Waals surface area contributed by atoms with Crippen LogP contribution in [-0.4, -0.2) is 17.1 Å². The van der Waals surface area contributed by atoms with Gasteiger partial charge in [0.15, 0.2) is 0 Å². The molecule has 0 saturated heterocycles. The maximum absolute atomic E-state index is 11.9. The lowest BCUT2D eigenvalue weighted by Crippen LogP contribution is -2.17. The topological polar surface area (TPSA) is 63.6 Å². The predicted octanol–water partition coefficient (Wildman–Crippen LogP) is 4.73. The molecule has 2 aromatic carbocycles. The number of carbonyl (C=O) groups excluding carboxylic acids is 1. The van der Waals surface area contributed by atoms with E-state index in [1.165, 1.54) is 6.20 Å². The maximum Gasteiger partial charge on any atom is 0.272 e. The van der Waals surface area contributed by atoms with Gasteiger partial charge in [-0.05, 0) is 54.1 Å². The first kappa shape index (κ1) is 18.9. The minimum Gasteiger partial charge on any atom is -0.489 e. The van der Waals surface area contributed by atoms with Crippen LogP contribution in [0, 0.1) is 0 Å². The van der Waals surface area contributed by atoms with Gasteiger partial charge in [0, 0.05) is 28.0 Å². The highest BCUT2D eigenvalue weighted by Gasteiger charge is 2.04. The minimum absolute atomic E-state index is 0.320. The zero-order valence-corrected chi connectivity index (χ0v) is 15.6. The summed E-state index contributed by atoms with van der Waals surface area (Å²) < 4.78 is 5.72. The van der Waals surface area contributed by atoms with Crippen molar-refractivity contribution in [2.75, 3.05) is 0 Å². The lowest BCUT2D eigenvalue weighted by atomic mass is 10.2. The normalized spacial score (nSPS) is 10.7. The Morgan fingerprint density at radius 2 is 1.96 bits per heavy atom. The molecule has 27 heavy (non-hydrogen) atoms. The van der Waals surface area contributed by atoms with Crippen molar-refractivity contribution in [3.8, 4) is 5.75 Å². The lowest BCUT2D eigenvalue weighted by Gasteiger charge is -2.08. The third-order valence-electron chi connectivity index (χ3n) is 3.59. The molecule has 0 aliphatic rings. The molecule has 1 N–H and O–H groups in total. The summed E-state index contributed by atoms with van der Waals surface area (Å²) in [6.07, 6.45) is 4.63. The average Bonchev–Trinajstić information content (AvgIpc) is 2.69. The van der Waals surface area contributed by atoms with Gasteiger partial charge in [-0.3, -0.25) is 9.78 Å². The molecule has 1 aromatic heterocycles. The number of carbonyl (C=O) groups is 1. The third kappa shape index (κ3) is 5.54. The Labute approximate surface area is 166 Å². The summed E-state index contributed by atoms with van der Waals surface area (Å²) in [6, 6.07) is 15.9. The number of rotatable bonds is 6. The molecular formula is C20H15Cl2N3O2. The van der Waals surface area contributed by atoms with E-state index in [2.05, 4.69) is 15.5 Å². The van der Waals surface area contributed by atoms with Crippen LogP contribution >= 0.6 is 23.2 Å². The first-order valence-corrected chi connectivity index (χ1v) is 8.77. The Bertz CT molecular complexity index is 945. The Morgan fingerprint density at radius 3 is 2.67 bits per heavy atom. The molecule has 0 spiro atoms. The van der Waals surface area contributed by atoms with Crippen LogP contribution in [0.4, 0.5) is 0 Å². The zero-order chi connectivity index (χ0) is 19.1. The number of pyridine rings is 1. The molecule has 5 nitrogen and oxygen atoms in total. The zero-order valence-electron chi connectivity index (χ0n) is 14.1. The van der Waals surface area contributed by atoms with Crippen LogP contribution < -0.4 is 10.2 Å². The van der Waals surface area contributed by atoms with Crippen LogP contribution in [-0.2, 0) is 6.61 Å². The molecule has 3 aromatic rings. The second-order valence-electron chi connectivity index (χ2n) is 5.53. The number of hydrazone groups is 1. The Balaban J connectivity index is 1.53. The van der Waals surface area contributed by atoms with Crippen molar-refractivity contribution in [2.24, 2.45) is 5.10 Å². The van der Waals surface area contributed by atoms with Gasteiger partial charge in [-0.2, -0.15) is 5.10 Å². The van der Waals surface area contributed by atoms with Crippen LogP contribution in [0.2, 0.25) is 10.0 Å². The molecule has 1 amide bonds. The highest BCUT2D eigenvalue weighted by molar-refractivity contribution is 6.35. The molecular weight excluding hydrogens is 385 g/mol. The second kappa shape index (κ2) is 9.16. The van der Waals surface area contributed by atoms with Gasteiger partial charge < -0.3 is 4.74 Å². The van der Waals surface area contributed by atoms with Crippen LogP contribution in [0.1, 0.15) is 21.5 Å². The van der Waals surface area contributed by atoms with Crippen molar-refractivity contribution < 1.29 is 9.53 Å². The summed E-state index contributed by atoms with van der Waals surface area (Å²) in [6.45, 7) is 0.338. The fraction of sp³-hybridized carbons (Fsp3) is 0.0500. The number of aromatic nitrogens is 1. The van der Waals surface area contributed by atoms with Crippen LogP contribution in [0.3, 0.4) is 0 Å². The number of benzene rings is 2. The molecule has 0 unspecified atom stereocenters. The molecule has 3 rings (SSSR count). The van der Waals surface area contributed by atoms with E-state index in [1.54, 1.807) is 36.7 Å². The van der Waals surface area contributed by atoms with Gasteiger partial charge in [0.25, 0.3) is 5.91 Å². The van der Waals surface area contributed by atoms with Crippen molar-refractivity contribution in [1.82, 2.24) is 10.4 Å². The van der Waals surface area contributed by atoms with E-state index in [4.69, 9.17) is 27.9 Å². The summed E-state index contributed by atoms with van der Waals surface area (Å²) in [5.41, 5.74) is 4.57. The van der Waals surface area contributed by atoms with E-state index in [0.29, 0.717) is 28.0 Å². The fourth-order valence-corrected chi connectivity index (χ4v) is 2.64. The van der Waals surface area contributed by atoms with E-state index >= 15 is 0 Å². The molecule has 0 aliphatic heterocycles. The Kier molecular flexibility index (Phi) is 6.41. The summed E-state index contributed by atoms with van der Waals surface area (Å²) in [5, 5.41) is 5.09. The van der Waals surface area contributed by atoms with Gasteiger partial charge in [-0.15, -0.1) is 0 Å². The maximum atomic E-state index is 11.9. The molecule has 0 atom stereocenters. The quantitative estimate of drug-likeness (QED) is 0.481. The standard InChI is InChI=1S/C20H15Cl2N3O2/c21-17-6-5-16(19(22)10-17)13-27-18-7-3-14(4-8-18)11-24-25-20(26)15-2-1-9-23-12-15/h1-12H,13H2,(H,25,26)/b24-11+. The number of amides is 1. The van der Waals surface area contributed by atoms with E-state index in [0.717, 1.165) is 11.1 Å². The van der Waals surface area contributed by atoms with Crippen LogP contribution in [0.15, 0.2) is 72.1 Å². The molecule has 0 aliphatic carbocycles. The highest BCUT2D eigenvalue weighted by atomic mass is 35.5. The van der Waals surface area contributed by atoms with Crippen molar-refractivity contribution >= 4 is 35.3 Å². The monoisotopic (exact) mass is 399 g/mol. The number of ether oxygens (including phenoxy) is 1. The van der Waals surface area contributed by atoms with Crippen molar-refractivity contribution in [1.29, 1.82) is 0 Å². The van der Waals surface area contributed by atoms with E-state index in [9.17, 15) is 4.79 Å². The first-order valence-electron chi connectivity index (χ1n) is 8.02. The van der Waals surface area contributed by atoms with Gasteiger partial charge in [0.05, 0.1) is 11.8 Å². The van der Waals surface area contributed by atoms with E-state index in [1.807, 2.05) is 30.3 Å². The average molecular weight is 400 g/mol. The van der Waals surface area contributed by atoms with E-state index in [-0.39, 0.29) is 5.91 Å². The number of nitrogens with zero attached hydrogens (tertiary/aromatic N) is 2. The van der Waals surface area contributed by atoms with Gasteiger partial charge >= 0.3 is 0 Å². The second-order valence-corrected chi connectivity index (χ2v) is 6.38. The largest absolute Gasteiger partial charge is 0.489 e. The molecule has 136 valence electrons. The molecule has 7 heteroatoms. The molecule has 0 saturated carbocycles. The van der Waals surface area contributed by atoms with Crippen molar-refractivity contribution in [3.63, 3.8) is 0 Å². The Morgan fingerprint density at radius 1 is 1.15 bits per heavy atom.